The lowest BCUT2D eigenvalue weighted by atomic mass is 9.69. The fourth-order valence-corrected chi connectivity index (χ4v) is 4.02. The first-order valence-corrected chi connectivity index (χ1v) is 9.02. The highest BCUT2D eigenvalue weighted by atomic mass is 35.5. The summed E-state index contributed by atoms with van der Waals surface area (Å²) in [4.78, 5) is 17.1. The molecule has 2 rings (SSSR count). The second-order valence-electron chi connectivity index (χ2n) is 7.77. The Morgan fingerprint density at radius 1 is 1.05 bits per heavy atom. The van der Waals surface area contributed by atoms with Gasteiger partial charge in [0, 0.05) is 44.5 Å². The molecule has 1 aliphatic heterocycles. The highest BCUT2D eigenvalue weighted by Crippen LogP contribution is 2.40. The Labute approximate surface area is 135 Å². The van der Waals surface area contributed by atoms with Crippen LogP contribution in [0.4, 0.5) is 0 Å². The molecule has 2 aliphatic rings. The Hall–Kier alpha value is -0.280. The summed E-state index contributed by atoms with van der Waals surface area (Å²) in [6.45, 7) is 11.7. The van der Waals surface area contributed by atoms with Gasteiger partial charge < -0.3 is 4.90 Å². The van der Waals surface area contributed by atoms with Crippen molar-refractivity contribution in [2.24, 2.45) is 17.3 Å². The van der Waals surface area contributed by atoms with Crippen LogP contribution in [-0.2, 0) is 4.79 Å². The number of carbonyl (C=O) groups excluding carboxylic acids is 1. The van der Waals surface area contributed by atoms with Gasteiger partial charge in [0.2, 0.25) is 5.91 Å². The Balaban J connectivity index is 1.78. The number of nitrogens with zero attached hydrogens (tertiary/aromatic N) is 2. The molecular weight excluding hydrogens is 284 g/mol. The van der Waals surface area contributed by atoms with Crippen LogP contribution in [-0.4, -0.2) is 54.3 Å². The van der Waals surface area contributed by atoms with Gasteiger partial charge in [0.05, 0.1) is 0 Å². The predicted octanol–water partition coefficient (Wildman–Crippen LogP) is 3.22. The van der Waals surface area contributed by atoms with Crippen molar-refractivity contribution < 1.29 is 4.79 Å². The van der Waals surface area contributed by atoms with Gasteiger partial charge >= 0.3 is 0 Å². The molecule has 2 fully saturated rings. The SMILES string of the molecule is CC(C)(C)C1CCC(C(=O)N2CCN(CCCl)CC2)CC1. The van der Waals surface area contributed by atoms with E-state index in [-0.39, 0.29) is 5.92 Å². The lowest BCUT2D eigenvalue weighted by molar-refractivity contribution is -0.139. The maximum absolute atomic E-state index is 12.7. The number of halogens is 1. The van der Waals surface area contributed by atoms with E-state index in [1.165, 1.54) is 12.8 Å². The first-order chi connectivity index (χ1) is 9.91. The van der Waals surface area contributed by atoms with Crippen LogP contribution in [0, 0.1) is 17.3 Å². The molecule has 0 spiro atoms. The van der Waals surface area contributed by atoms with E-state index in [2.05, 4.69) is 30.6 Å². The third kappa shape index (κ3) is 4.59. The van der Waals surface area contributed by atoms with Crippen LogP contribution in [0.1, 0.15) is 46.5 Å². The zero-order valence-corrected chi connectivity index (χ0v) is 14.7. The Morgan fingerprint density at radius 3 is 2.10 bits per heavy atom. The molecule has 1 heterocycles. The van der Waals surface area contributed by atoms with Gasteiger partial charge in [0.1, 0.15) is 0 Å². The predicted molar refractivity (Wildman–Crippen MR) is 88.6 cm³/mol. The van der Waals surface area contributed by atoms with Crippen LogP contribution in [0.2, 0.25) is 0 Å². The fraction of sp³-hybridized carbons (Fsp3) is 0.941. The molecule has 3 nitrogen and oxygen atoms in total. The van der Waals surface area contributed by atoms with E-state index in [4.69, 9.17) is 11.6 Å². The summed E-state index contributed by atoms with van der Waals surface area (Å²) in [5.74, 6) is 2.16. The topological polar surface area (TPSA) is 23.6 Å². The lowest BCUT2D eigenvalue weighted by Gasteiger charge is -2.40. The van der Waals surface area contributed by atoms with Crippen molar-refractivity contribution in [3.63, 3.8) is 0 Å². The third-order valence-corrected chi connectivity index (χ3v) is 5.55. The van der Waals surface area contributed by atoms with Crippen LogP contribution in [0.15, 0.2) is 0 Å². The minimum atomic E-state index is 0.281. The molecular formula is C17H31ClN2O. The summed E-state index contributed by atoms with van der Waals surface area (Å²) < 4.78 is 0. The summed E-state index contributed by atoms with van der Waals surface area (Å²) in [5.41, 5.74) is 0.390. The monoisotopic (exact) mass is 314 g/mol. The van der Waals surface area contributed by atoms with E-state index >= 15 is 0 Å². The van der Waals surface area contributed by atoms with Gasteiger partial charge in [-0.05, 0) is 37.0 Å². The summed E-state index contributed by atoms with van der Waals surface area (Å²) in [6, 6.07) is 0. The van der Waals surface area contributed by atoms with Gasteiger partial charge in [-0.3, -0.25) is 9.69 Å². The summed E-state index contributed by atoms with van der Waals surface area (Å²) in [6.07, 6.45) is 4.60. The second kappa shape index (κ2) is 7.32. The number of piperazine rings is 1. The van der Waals surface area contributed by atoms with E-state index in [0.717, 1.165) is 51.5 Å². The number of rotatable bonds is 3. The van der Waals surface area contributed by atoms with Gasteiger partial charge in [-0.15, -0.1) is 11.6 Å². The number of carbonyl (C=O) groups is 1. The molecule has 0 atom stereocenters. The molecule has 4 heteroatoms. The molecule has 0 aromatic rings. The molecule has 0 aromatic heterocycles. The van der Waals surface area contributed by atoms with Crippen LogP contribution in [0.5, 0.6) is 0 Å². The van der Waals surface area contributed by atoms with Crippen molar-refractivity contribution in [2.45, 2.75) is 46.5 Å². The van der Waals surface area contributed by atoms with Gasteiger partial charge in [-0.1, -0.05) is 20.8 Å². The molecule has 0 N–H and O–H groups in total. The van der Waals surface area contributed by atoms with Gasteiger partial charge in [0.15, 0.2) is 0 Å². The highest BCUT2D eigenvalue weighted by Gasteiger charge is 2.34. The summed E-state index contributed by atoms with van der Waals surface area (Å²) >= 11 is 5.78. The standard InChI is InChI=1S/C17H31ClN2O/c1-17(2,3)15-6-4-14(5-7-15)16(21)20-12-10-19(9-8-18)11-13-20/h14-15H,4-13H2,1-3H3. The van der Waals surface area contributed by atoms with Crippen LogP contribution in [0.3, 0.4) is 0 Å². The second-order valence-corrected chi connectivity index (χ2v) is 8.15. The smallest absolute Gasteiger partial charge is 0.225 e. The Bertz CT molecular complexity index is 337. The molecule has 1 saturated carbocycles. The molecule has 1 saturated heterocycles. The van der Waals surface area contributed by atoms with Gasteiger partial charge in [-0.25, -0.2) is 0 Å². The van der Waals surface area contributed by atoms with E-state index < -0.39 is 0 Å². The zero-order valence-electron chi connectivity index (χ0n) is 13.9. The highest BCUT2D eigenvalue weighted by molar-refractivity contribution is 6.18. The van der Waals surface area contributed by atoms with E-state index in [1.807, 2.05) is 0 Å². The number of alkyl halides is 1. The summed E-state index contributed by atoms with van der Waals surface area (Å²) in [7, 11) is 0. The van der Waals surface area contributed by atoms with Crippen LogP contribution >= 0.6 is 11.6 Å². The van der Waals surface area contributed by atoms with Crippen LogP contribution in [0.25, 0.3) is 0 Å². The molecule has 0 unspecified atom stereocenters. The molecule has 0 bridgehead atoms. The quantitative estimate of drug-likeness (QED) is 0.747. The molecule has 1 amide bonds. The van der Waals surface area contributed by atoms with Gasteiger partial charge in [0.25, 0.3) is 0 Å². The average molecular weight is 315 g/mol. The van der Waals surface area contributed by atoms with E-state index in [9.17, 15) is 4.79 Å². The number of hydrogen-bond donors (Lipinski definition) is 0. The van der Waals surface area contributed by atoms with Crippen LogP contribution < -0.4 is 0 Å². The maximum Gasteiger partial charge on any atom is 0.225 e. The maximum atomic E-state index is 12.7. The van der Waals surface area contributed by atoms with Crippen molar-refractivity contribution >= 4 is 17.5 Å². The average Bonchev–Trinajstić information content (AvgIpc) is 2.47. The largest absolute Gasteiger partial charge is 0.340 e. The fourth-order valence-electron chi connectivity index (χ4n) is 3.78. The Morgan fingerprint density at radius 2 is 1.62 bits per heavy atom. The first-order valence-electron chi connectivity index (χ1n) is 8.49. The molecule has 1 aliphatic carbocycles. The third-order valence-electron chi connectivity index (χ3n) is 5.39. The van der Waals surface area contributed by atoms with Gasteiger partial charge in [-0.2, -0.15) is 0 Å². The number of hydrogen-bond acceptors (Lipinski definition) is 2. The van der Waals surface area contributed by atoms with Crippen molar-refractivity contribution in [1.82, 2.24) is 9.80 Å². The van der Waals surface area contributed by atoms with Crippen molar-refractivity contribution in [3.8, 4) is 0 Å². The first kappa shape index (κ1) is 17.1. The zero-order chi connectivity index (χ0) is 15.5. The lowest BCUT2D eigenvalue weighted by Crippen LogP contribution is -2.51. The van der Waals surface area contributed by atoms with Crippen molar-refractivity contribution in [2.75, 3.05) is 38.6 Å². The molecule has 21 heavy (non-hydrogen) atoms. The summed E-state index contributed by atoms with van der Waals surface area (Å²) in [5, 5.41) is 0. The number of amides is 1. The van der Waals surface area contributed by atoms with E-state index in [0.29, 0.717) is 17.2 Å². The molecule has 122 valence electrons. The minimum Gasteiger partial charge on any atom is -0.340 e. The normalized spacial score (nSPS) is 28.7. The van der Waals surface area contributed by atoms with Crippen molar-refractivity contribution in [3.05, 3.63) is 0 Å². The Kier molecular flexibility index (Phi) is 5.96. The molecule has 0 aromatic carbocycles. The molecule has 0 radical (unpaired) electrons. The minimum absolute atomic E-state index is 0.281. The van der Waals surface area contributed by atoms with Crippen molar-refractivity contribution in [1.29, 1.82) is 0 Å². The van der Waals surface area contributed by atoms with E-state index in [1.54, 1.807) is 0 Å².